The topological polar surface area (TPSA) is 52.9 Å². The van der Waals surface area contributed by atoms with E-state index in [1.165, 1.54) is 11.3 Å². The number of unbranched alkanes of at least 4 members (excludes halogenated alkanes) is 2. The van der Waals surface area contributed by atoms with Crippen LogP contribution in [0.25, 0.3) is 5.65 Å². The number of carbonyl (C=O) groups excluding carboxylic acids is 1. The summed E-state index contributed by atoms with van der Waals surface area (Å²) in [5.41, 5.74) is 3.66. The number of hydrogen-bond donors (Lipinski definition) is 1. The van der Waals surface area contributed by atoms with Crippen molar-refractivity contribution in [3.8, 4) is 0 Å². The van der Waals surface area contributed by atoms with Crippen molar-refractivity contribution >= 4 is 28.8 Å². The number of hydrogen-bond acceptors (Lipinski definition) is 4. The molecule has 1 aliphatic heterocycles. The van der Waals surface area contributed by atoms with Gasteiger partial charge in [0, 0.05) is 45.1 Å². The number of halogens is 1. The zero-order valence-corrected chi connectivity index (χ0v) is 19.5. The Kier molecular flexibility index (Phi) is 7.66. The van der Waals surface area contributed by atoms with Crippen LogP contribution in [0.4, 0.5) is 5.69 Å². The van der Waals surface area contributed by atoms with Gasteiger partial charge in [0.1, 0.15) is 11.3 Å². The molecular formula is C25H32ClN5O. The summed E-state index contributed by atoms with van der Waals surface area (Å²) < 4.78 is 1.86. The van der Waals surface area contributed by atoms with Gasteiger partial charge in [0.25, 0.3) is 5.91 Å². The molecule has 1 amide bonds. The highest BCUT2D eigenvalue weighted by molar-refractivity contribution is 6.34. The van der Waals surface area contributed by atoms with Crippen molar-refractivity contribution in [1.29, 1.82) is 0 Å². The lowest BCUT2D eigenvalue weighted by atomic mass is 10.1. The second-order valence-electron chi connectivity index (χ2n) is 8.34. The lowest BCUT2D eigenvalue weighted by Gasteiger charge is -2.36. The molecule has 0 unspecified atom stereocenters. The number of piperazine rings is 1. The number of pyridine rings is 1. The maximum Gasteiger partial charge on any atom is 0.271 e. The molecule has 1 aromatic carbocycles. The monoisotopic (exact) mass is 453 g/mol. The summed E-state index contributed by atoms with van der Waals surface area (Å²) in [5.74, 6) is -0.101. The van der Waals surface area contributed by atoms with E-state index in [1.54, 1.807) is 6.20 Å². The number of amides is 1. The normalized spacial score (nSPS) is 14.8. The molecule has 1 saturated heterocycles. The van der Waals surface area contributed by atoms with Gasteiger partial charge in [-0.05, 0) is 49.6 Å². The summed E-state index contributed by atoms with van der Waals surface area (Å²) >= 11 is 6.60. The number of anilines is 1. The SMILES string of the molecule is CCc1cccc(N2CCN(CCCCCNC(=O)c3cn4ccccc4n3)CC2)c1Cl. The van der Waals surface area contributed by atoms with Crippen LogP contribution in [0.5, 0.6) is 0 Å². The molecule has 1 aliphatic rings. The largest absolute Gasteiger partial charge is 0.368 e. The number of fused-ring (bicyclic) bond motifs is 1. The number of aromatic nitrogens is 2. The fraction of sp³-hybridized carbons (Fsp3) is 0.440. The Morgan fingerprint density at radius 2 is 1.91 bits per heavy atom. The first kappa shape index (κ1) is 22.6. The predicted molar refractivity (Wildman–Crippen MR) is 131 cm³/mol. The molecule has 1 N–H and O–H groups in total. The van der Waals surface area contributed by atoms with Crippen LogP contribution in [0, 0.1) is 0 Å². The van der Waals surface area contributed by atoms with Crippen molar-refractivity contribution in [3.63, 3.8) is 0 Å². The van der Waals surface area contributed by atoms with Crippen molar-refractivity contribution in [2.45, 2.75) is 32.6 Å². The number of imidazole rings is 1. The van der Waals surface area contributed by atoms with Crippen LogP contribution >= 0.6 is 11.6 Å². The molecule has 3 aromatic rings. The van der Waals surface area contributed by atoms with E-state index in [0.717, 1.165) is 69.1 Å². The van der Waals surface area contributed by atoms with Crippen LogP contribution in [-0.2, 0) is 6.42 Å². The second kappa shape index (κ2) is 10.8. The third-order valence-corrected chi connectivity index (χ3v) is 6.62. The van der Waals surface area contributed by atoms with Gasteiger partial charge >= 0.3 is 0 Å². The smallest absolute Gasteiger partial charge is 0.271 e. The second-order valence-corrected chi connectivity index (χ2v) is 8.72. The van der Waals surface area contributed by atoms with Crippen LogP contribution in [-0.4, -0.2) is 59.5 Å². The summed E-state index contributed by atoms with van der Waals surface area (Å²) in [4.78, 5) is 21.6. The van der Waals surface area contributed by atoms with Gasteiger partial charge in [-0.1, -0.05) is 43.1 Å². The Labute approximate surface area is 195 Å². The first-order valence-corrected chi connectivity index (χ1v) is 12.0. The molecule has 3 heterocycles. The minimum atomic E-state index is -0.101. The average Bonchev–Trinajstić information content (AvgIpc) is 3.26. The minimum Gasteiger partial charge on any atom is -0.368 e. The average molecular weight is 454 g/mol. The van der Waals surface area contributed by atoms with Gasteiger partial charge in [0.05, 0.1) is 10.7 Å². The van der Waals surface area contributed by atoms with E-state index < -0.39 is 0 Å². The summed E-state index contributed by atoms with van der Waals surface area (Å²) in [7, 11) is 0. The van der Waals surface area contributed by atoms with Gasteiger partial charge in [-0.2, -0.15) is 0 Å². The van der Waals surface area contributed by atoms with E-state index in [4.69, 9.17) is 11.6 Å². The Bertz CT molecular complexity index is 1010. The summed E-state index contributed by atoms with van der Waals surface area (Å²) in [5, 5.41) is 3.90. The van der Waals surface area contributed by atoms with E-state index >= 15 is 0 Å². The summed E-state index contributed by atoms with van der Waals surface area (Å²) in [6, 6.07) is 12.1. The van der Waals surface area contributed by atoms with Crippen LogP contribution in [0.2, 0.25) is 5.02 Å². The van der Waals surface area contributed by atoms with Gasteiger partial charge in [-0.25, -0.2) is 4.98 Å². The molecule has 0 atom stereocenters. The lowest BCUT2D eigenvalue weighted by molar-refractivity contribution is 0.0948. The molecule has 2 aromatic heterocycles. The Hall–Kier alpha value is -2.57. The zero-order valence-electron chi connectivity index (χ0n) is 18.8. The highest BCUT2D eigenvalue weighted by atomic mass is 35.5. The molecule has 7 heteroatoms. The van der Waals surface area contributed by atoms with Crippen molar-refractivity contribution in [2.75, 3.05) is 44.2 Å². The van der Waals surface area contributed by atoms with Crippen LogP contribution in [0.1, 0.15) is 42.2 Å². The van der Waals surface area contributed by atoms with Crippen LogP contribution in [0.3, 0.4) is 0 Å². The number of rotatable bonds is 9. The minimum absolute atomic E-state index is 0.101. The summed E-state index contributed by atoms with van der Waals surface area (Å²) in [6.07, 6.45) is 7.88. The van der Waals surface area contributed by atoms with Gasteiger partial charge in [-0.3, -0.25) is 9.69 Å². The van der Waals surface area contributed by atoms with Crippen LogP contribution in [0.15, 0.2) is 48.8 Å². The molecular weight excluding hydrogens is 422 g/mol. The fourth-order valence-electron chi connectivity index (χ4n) is 4.27. The van der Waals surface area contributed by atoms with E-state index in [2.05, 4.69) is 45.2 Å². The molecule has 1 fully saturated rings. The third kappa shape index (κ3) is 5.43. The maximum atomic E-state index is 12.3. The Morgan fingerprint density at radius 3 is 2.69 bits per heavy atom. The predicted octanol–water partition coefficient (Wildman–Crippen LogP) is 4.27. The zero-order chi connectivity index (χ0) is 22.3. The van der Waals surface area contributed by atoms with E-state index in [0.29, 0.717) is 12.2 Å². The van der Waals surface area contributed by atoms with Gasteiger partial charge in [-0.15, -0.1) is 0 Å². The number of carbonyl (C=O) groups is 1. The van der Waals surface area contributed by atoms with Crippen molar-refractivity contribution in [1.82, 2.24) is 19.6 Å². The molecule has 0 aliphatic carbocycles. The molecule has 0 bridgehead atoms. The van der Waals surface area contributed by atoms with Gasteiger partial charge in [0.15, 0.2) is 0 Å². The van der Waals surface area contributed by atoms with E-state index in [1.807, 2.05) is 28.8 Å². The van der Waals surface area contributed by atoms with E-state index in [9.17, 15) is 4.79 Å². The Morgan fingerprint density at radius 1 is 1.06 bits per heavy atom. The standard InChI is InChI=1S/C25H32ClN5O/c1-2-20-9-8-10-22(24(20)26)30-17-15-29(16-18-30)13-6-3-5-12-27-25(32)21-19-31-14-7-4-11-23(31)28-21/h4,7-11,14,19H,2-3,5-6,12-13,15-18H2,1H3,(H,27,32). The van der Waals surface area contributed by atoms with Gasteiger partial charge < -0.3 is 14.6 Å². The number of nitrogens with zero attached hydrogens (tertiary/aromatic N) is 4. The molecule has 0 radical (unpaired) electrons. The van der Waals surface area contributed by atoms with Gasteiger partial charge in [0.2, 0.25) is 0 Å². The lowest BCUT2D eigenvalue weighted by Crippen LogP contribution is -2.46. The first-order chi connectivity index (χ1) is 15.7. The van der Waals surface area contributed by atoms with Crippen molar-refractivity contribution in [2.24, 2.45) is 0 Å². The molecule has 0 saturated carbocycles. The molecule has 0 spiro atoms. The third-order valence-electron chi connectivity index (χ3n) is 6.19. The number of aryl methyl sites for hydroxylation is 1. The quantitative estimate of drug-likeness (QED) is 0.491. The van der Waals surface area contributed by atoms with Crippen molar-refractivity contribution < 1.29 is 4.79 Å². The summed E-state index contributed by atoms with van der Waals surface area (Å²) in [6.45, 7) is 8.11. The highest BCUT2D eigenvalue weighted by Gasteiger charge is 2.19. The number of nitrogens with one attached hydrogen (secondary N) is 1. The van der Waals surface area contributed by atoms with Crippen molar-refractivity contribution in [3.05, 3.63) is 65.1 Å². The fourth-order valence-corrected chi connectivity index (χ4v) is 4.65. The first-order valence-electron chi connectivity index (χ1n) is 11.6. The Balaban J connectivity index is 1.12. The molecule has 32 heavy (non-hydrogen) atoms. The number of benzene rings is 1. The maximum absolute atomic E-state index is 12.3. The van der Waals surface area contributed by atoms with Crippen LogP contribution < -0.4 is 10.2 Å². The molecule has 170 valence electrons. The molecule has 6 nitrogen and oxygen atoms in total. The van der Waals surface area contributed by atoms with E-state index in [-0.39, 0.29) is 5.91 Å². The highest BCUT2D eigenvalue weighted by Crippen LogP contribution is 2.30. The molecule has 4 rings (SSSR count).